The van der Waals surface area contributed by atoms with Gasteiger partial charge in [0.15, 0.2) is 0 Å². The van der Waals surface area contributed by atoms with Gasteiger partial charge in [-0.25, -0.2) is 0 Å². The molecule has 1 aromatic carbocycles. The minimum Gasteiger partial charge on any atom is -0.492 e. The monoisotopic (exact) mass is 166 g/mol. The van der Waals surface area contributed by atoms with Crippen LogP contribution in [0.4, 0.5) is 0 Å². The first-order valence-corrected chi connectivity index (χ1v) is 4.93. The Bertz CT molecular complexity index is 270. The van der Waals surface area contributed by atoms with E-state index < -0.39 is 0 Å². The summed E-state index contributed by atoms with van der Waals surface area (Å²) in [5.74, 6) is 1.11. The van der Waals surface area contributed by atoms with Crippen LogP contribution < -0.4 is 4.74 Å². The third-order valence-electron chi connectivity index (χ3n) is 1.90. The molecule has 2 heteroatoms. The first kappa shape index (κ1) is 7.04. The third kappa shape index (κ3) is 1.11. The van der Waals surface area contributed by atoms with Gasteiger partial charge in [0, 0.05) is 11.3 Å². The maximum Gasteiger partial charge on any atom is 0.136 e. The SMILES string of the molecule is CSc1cccc2c1OCC2. The Kier molecular flexibility index (Phi) is 1.78. The number of rotatable bonds is 1. The first-order chi connectivity index (χ1) is 5.42. The van der Waals surface area contributed by atoms with Gasteiger partial charge in [0.05, 0.1) is 6.61 Å². The number of hydrogen-bond acceptors (Lipinski definition) is 2. The molecule has 1 heterocycles. The van der Waals surface area contributed by atoms with E-state index in [4.69, 9.17) is 4.74 Å². The summed E-state index contributed by atoms with van der Waals surface area (Å²) in [4.78, 5) is 1.26. The molecule has 0 N–H and O–H groups in total. The number of thioether (sulfide) groups is 1. The van der Waals surface area contributed by atoms with Gasteiger partial charge in [0.1, 0.15) is 5.75 Å². The fraction of sp³-hybridized carbons (Fsp3) is 0.333. The van der Waals surface area contributed by atoms with Gasteiger partial charge in [-0.1, -0.05) is 12.1 Å². The quantitative estimate of drug-likeness (QED) is 0.592. The highest BCUT2D eigenvalue weighted by Crippen LogP contribution is 2.34. The molecule has 1 nitrogen and oxygen atoms in total. The Hall–Kier alpha value is -0.630. The van der Waals surface area contributed by atoms with Crippen molar-refractivity contribution in [1.82, 2.24) is 0 Å². The Morgan fingerprint density at radius 2 is 2.36 bits per heavy atom. The molecule has 0 fully saturated rings. The highest BCUT2D eigenvalue weighted by Gasteiger charge is 2.14. The van der Waals surface area contributed by atoms with Crippen molar-refractivity contribution in [2.24, 2.45) is 0 Å². The van der Waals surface area contributed by atoms with E-state index in [2.05, 4.69) is 24.5 Å². The van der Waals surface area contributed by atoms with Crippen LogP contribution in [0.3, 0.4) is 0 Å². The molecule has 58 valence electrons. The van der Waals surface area contributed by atoms with Crippen LogP contribution in [0.15, 0.2) is 23.1 Å². The number of fused-ring (bicyclic) bond motifs is 1. The zero-order valence-corrected chi connectivity index (χ0v) is 7.28. The largest absolute Gasteiger partial charge is 0.492 e. The van der Waals surface area contributed by atoms with Crippen molar-refractivity contribution in [2.75, 3.05) is 12.9 Å². The number of para-hydroxylation sites is 1. The van der Waals surface area contributed by atoms with Crippen molar-refractivity contribution >= 4 is 11.8 Å². The second-order valence-electron chi connectivity index (χ2n) is 2.55. The molecule has 1 aromatic rings. The second-order valence-corrected chi connectivity index (χ2v) is 3.40. The number of hydrogen-bond donors (Lipinski definition) is 0. The molecule has 0 atom stereocenters. The molecular weight excluding hydrogens is 156 g/mol. The van der Waals surface area contributed by atoms with E-state index in [-0.39, 0.29) is 0 Å². The molecule has 0 aromatic heterocycles. The van der Waals surface area contributed by atoms with E-state index >= 15 is 0 Å². The van der Waals surface area contributed by atoms with Crippen molar-refractivity contribution in [3.63, 3.8) is 0 Å². The molecule has 1 aliphatic rings. The van der Waals surface area contributed by atoms with Crippen molar-refractivity contribution in [3.05, 3.63) is 23.8 Å². The molecule has 0 aliphatic carbocycles. The van der Waals surface area contributed by atoms with Gasteiger partial charge < -0.3 is 4.74 Å². The summed E-state index contributed by atoms with van der Waals surface area (Å²) in [6.45, 7) is 0.854. The predicted molar refractivity (Wildman–Crippen MR) is 47.4 cm³/mol. The molecule has 0 unspecified atom stereocenters. The zero-order valence-electron chi connectivity index (χ0n) is 6.46. The van der Waals surface area contributed by atoms with E-state index in [1.165, 1.54) is 10.5 Å². The van der Waals surface area contributed by atoms with E-state index in [1.807, 2.05) is 0 Å². The van der Waals surface area contributed by atoms with Gasteiger partial charge in [-0.2, -0.15) is 0 Å². The fourth-order valence-corrected chi connectivity index (χ4v) is 1.94. The summed E-state index contributed by atoms with van der Waals surface area (Å²) in [5, 5.41) is 0. The lowest BCUT2D eigenvalue weighted by Crippen LogP contribution is -1.87. The van der Waals surface area contributed by atoms with Crippen LogP contribution in [0.2, 0.25) is 0 Å². The smallest absolute Gasteiger partial charge is 0.136 e. The molecule has 0 spiro atoms. The summed E-state index contributed by atoms with van der Waals surface area (Å²) in [7, 11) is 0. The van der Waals surface area contributed by atoms with Crippen LogP contribution in [0, 0.1) is 0 Å². The lowest BCUT2D eigenvalue weighted by Gasteiger charge is -2.03. The third-order valence-corrected chi connectivity index (χ3v) is 2.66. The highest BCUT2D eigenvalue weighted by atomic mass is 32.2. The average molecular weight is 166 g/mol. The van der Waals surface area contributed by atoms with Crippen LogP contribution in [-0.4, -0.2) is 12.9 Å². The fourth-order valence-electron chi connectivity index (χ4n) is 1.35. The van der Waals surface area contributed by atoms with Gasteiger partial charge >= 0.3 is 0 Å². The van der Waals surface area contributed by atoms with Crippen molar-refractivity contribution in [1.29, 1.82) is 0 Å². The summed E-state index contributed by atoms with van der Waals surface area (Å²) in [6.07, 6.45) is 3.15. The van der Waals surface area contributed by atoms with Gasteiger partial charge in [-0.05, 0) is 17.9 Å². The predicted octanol–water partition coefficient (Wildman–Crippen LogP) is 2.34. The lowest BCUT2D eigenvalue weighted by atomic mass is 10.2. The van der Waals surface area contributed by atoms with Gasteiger partial charge in [-0.15, -0.1) is 11.8 Å². The summed E-state index contributed by atoms with van der Waals surface area (Å²) in [6, 6.07) is 6.34. The van der Waals surface area contributed by atoms with Crippen LogP contribution in [0.5, 0.6) is 5.75 Å². The molecule has 0 bridgehead atoms. The number of ether oxygens (including phenoxy) is 1. The lowest BCUT2D eigenvalue weighted by molar-refractivity contribution is 0.350. The normalized spacial score (nSPS) is 14.3. The molecule has 0 saturated carbocycles. The Morgan fingerprint density at radius 1 is 1.45 bits per heavy atom. The molecule has 11 heavy (non-hydrogen) atoms. The zero-order chi connectivity index (χ0) is 7.68. The molecular formula is C9H10OS. The molecule has 1 aliphatic heterocycles. The highest BCUT2D eigenvalue weighted by molar-refractivity contribution is 7.98. The van der Waals surface area contributed by atoms with Crippen LogP contribution in [-0.2, 0) is 6.42 Å². The van der Waals surface area contributed by atoms with Crippen LogP contribution in [0.1, 0.15) is 5.56 Å². The van der Waals surface area contributed by atoms with E-state index in [1.54, 1.807) is 11.8 Å². The van der Waals surface area contributed by atoms with E-state index in [0.717, 1.165) is 18.8 Å². The van der Waals surface area contributed by atoms with Gasteiger partial charge in [-0.3, -0.25) is 0 Å². The first-order valence-electron chi connectivity index (χ1n) is 3.70. The second kappa shape index (κ2) is 2.78. The van der Waals surface area contributed by atoms with Gasteiger partial charge in [0.25, 0.3) is 0 Å². The standard InChI is InChI=1S/C9H10OS/c1-11-8-4-2-3-7-5-6-10-9(7)8/h2-4H,5-6H2,1H3. The minimum absolute atomic E-state index is 0.854. The van der Waals surface area contributed by atoms with Crippen LogP contribution in [0.25, 0.3) is 0 Å². The number of benzene rings is 1. The Balaban J connectivity index is 2.50. The topological polar surface area (TPSA) is 9.23 Å². The summed E-state index contributed by atoms with van der Waals surface area (Å²) < 4.78 is 5.50. The van der Waals surface area contributed by atoms with Crippen molar-refractivity contribution in [2.45, 2.75) is 11.3 Å². The Labute approximate surface area is 70.8 Å². The maximum atomic E-state index is 5.50. The minimum atomic E-state index is 0.854. The molecule has 0 saturated heterocycles. The van der Waals surface area contributed by atoms with E-state index in [9.17, 15) is 0 Å². The summed E-state index contributed by atoms with van der Waals surface area (Å²) in [5.41, 5.74) is 1.36. The molecule has 0 radical (unpaired) electrons. The van der Waals surface area contributed by atoms with Crippen molar-refractivity contribution in [3.8, 4) is 5.75 Å². The molecule has 2 rings (SSSR count). The Morgan fingerprint density at radius 3 is 3.18 bits per heavy atom. The van der Waals surface area contributed by atoms with Crippen molar-refractivity contribution < 1.29 is 4.74 Å². The average Bonchev–Trinajstić information content (AvgIpc) is 2.50. The summed E-state index contributed by atoms with van der Waals surface area (Å²) >= 11 is 1.75. The van der Waals surface area contributed by atoms with E-state index in [0.29, 0.717) is 0 Å². The van der Waals surface area contributed by atoms with Crippen LogP contribution >= 0.6 is 11.8 Å². The van der Waals surface area contributed by atoms with Gasteiger partial charge in [0.2, 0.25) is 0 Å². The molecule has 0 amide bonds. The maximum absolute atomic E-state index is 5.50.